The summed E-state index contributed by atoms with van der Waals surface area (Å²) in [4.78, 5) is -0.278. The first-order valence-electron chi connectivity index (χ1n) is 12.2. The Morgan fingerprint density at radius 2 is 0.931 bits per heavy atom. The van der Waals surface area contributed by atoms with Gasteiger partial charge in [0.1, 0.15) is 0 Å². The fraction of sp³-hybridized carbons (Fsp3) is 0.840. The standard InChI is InChI=1S/C25H32.3HI.V/c1-3-14-5-12(1)22-18-8-16(20(10-18)24(14)22)7-17-9-19-11-21(17)25-15-4-2-13(6-15)23(19)25;;;;/h1-4,12-25H,5-11H2;3*1H;/q;;;;+3/p-3. The van der Waals surface area contributed by atoms with E-state index < -0.39 is 0 Å². The molecule has 14 unspecified atom stereocenters. The van der Waals surface area contributed by atoms with Gasteiger partial charge in [-0.2, -0.15) is 0 Å². The monoisotopic (exact) mass is 764 g/mol. The van der Waals surface area contributed by atoms with Crippen LogP contribution in [0.25, 0.3) is 0 Å². The topological polar surface area (TPSA) is 0 Å². The molecule has 8 aliphatic rings. The molecule has 6 fully saturated rings. The molecular formula is C25H32I3V. The third-order valence-corrected chi connectivity index (χ3v) is 11.4. The van der Waals surface area contributed by atoms with Crippen LogP contribution in [0.4, 0.5) is 0 Å². The molecule has 0 aromatic rings. The summed E-state index contributed by atoms with van der Waals surface area (Å²) in [6.45, 7) is 0. The van der Waals surface area contributed by atoms with Crippen LogP contribution in [-0.2, 0) is 4.92 Å². The third kappa shape index (κ3) is 3.10. The number of rotatable bonds is 2. The second-order valence-electron chi connectivity index (χ2n) is 11.9. The van der Waals surface area contributed by atoms with Crippen LogP contribution in [0.5, 0.6) is 0 Å². The molecule has 0 radical (unpaired) electrons. The van der Waals surface area contributed by atoms with Gasteiger partial charge in [0, 0.05) is 0 Å². The maximum atomic E-state index is 2.63. The maximum absolute atomic E-state index is 2.63. The molecule has 0 aliphatic heterocycles. The van der Waals surface area contributed by atoms with Crippen LogP contribution in [0.2, 0.25) is 0 Å². The van der Waals surface area contributed by atoms with Crippen molar-refractivity contribution >= 4 is 59.9 Å². The summed E-state index contributed by atoms with van der Waals surface area (Å²) in [5.41, 5.74) is 0. The van der Waals surface area contributed by atoms with E-state index in [0.29, 0.717) is 0 Å². The average Bonchev–Trinajstić information content (AvgIpc) is 3.53. The molecule has 29 heavy (non-hydrogen) atoms. The van der Waals surface area contributed by atoms with E-state index in [-0.39, 0.29) is 4.92 Å². The molecule has 0 aromatic heterocycles. The summed E-state index contributed by atoms with van der Waals surface area (Å²) in [7, 11) is 0. The van der Waals surface area contributed by atoms with Gasteiger partial charge < -0.3 is 0 Å². The molecule has 0 aromatic carbocycles. The van der Waals surface area contributed by atoms with E-state index in [1.165, 1.54) is 0 Å². The molecule has 14 atom stereocenters. The van der Waals surface area contributed by atoms with Crippen molar-refractivity contribution in [2.24, 2.45) is 82.9 Å². The number of halogens is 3. The Balaban J connectivity index is 0.000000355. The Labute approximate surface area is 214 Å². The van der Waals surface area contributed by atoms with Gasteiger partial charge in [0.15, 0.2) is 0 Å². The van der Waals surface area contributed by atoms with Crippen LogP contribution in [0.15, 0.2) is 24.3 Å². The van der Waals surface area contributed by atoms with Gasteiger partial charge in [-0.05, 0) is 128 Å². The molecule has 8 rings (SSSR count). The predicted molar refractivity (Wildman–Crippen MR) is 142 cm³/mol. The zero-order chi connectivity index (χ0) is 19.4. The molecule has 158 valence electrons. The normalized spacial score (nSPS) is 61.0. The van der Waals surface area contributed by atoms with Crippen molar-refractivity contribution < 1.29 is 4.92 Å². The van der Waals surface area contributed by atoms with Gasteiger partial charge in [0.25, 0.3) is 0 Å². The first kappa shape index (κ1) is 20.6. The quantitative estimate of drug-likeness (QED) is 0.151. The second-order valence-corrected chi connectivity index (χ2v) is 47.3. The molecule has 0 spiro atoms. The minimum absolute atomic E-state index is 0.278. The molecular weight excluding hydrogens is 732 g/mol. The van der Waals surface area contributed by atoms with E-state index in [1.54, 1.807) is 44.9 Å². The zero-order valence-corrected chi connectivity index (χ0v) is 24.8. The fourth-order valence-corrected chi connectivity index (χ4v) is 11.2. The van der Waals surface area contributed by atoms with Gasteiger partial charge in [-0.15, -0.1) is 0 Å². The number of allylic oxidation sites excluding steroid dienone is 4. The summed E-state index contributed by atoms with van der Waals surface area (Å²) in [5, 5.41) is 0. The molecule has 0 heterocycles. The van der Waals surface area contributed by atoms with E-state index in [1.807, 2.05) is 0 Å². The average molecular weight is 764 g/mol. The molecule has 0 N–H and O–H groups in total. The third-order valence-electron chi connectivity index (χ3n) is 11.4. The van der Waals surface area contributed by atoms with Crippen LogP contribution in [0.3, 0.4) is 0 Å². The molecule has 0 nitrogen and oxygen atoms in total. The number of fused-ring (bicyclic) bond motifs is 18. The SMILES string of the molecule is C1=CC2CC1C1C3CC(CC4CC5CC4C4C6C=CC(C6)C54)C(C3)C21.[I][V]([I])[I]. The van der Waals surface area contributed by atoms with Crippen LogP contribution < -0.4 is 0 Å². The molecule has 6 saturated carbocycles. The number of hydrogen-bond donors (Lipinski definition) is 0. The van der Waals surface area contributed by atoms with Crippen molar-refractivity contribution in [1.29, 1.82) is 0 Å². The summed E-state index contributed by atoms with van der Waals surface area (Å²) in [5.74, 6) is 15.4. The van der Waals surface area contributed by atoms with Crippen molar-refractivity contribution in [2.75, 3.05) is 0 Å². The van der Waals surface area contributed by atoms with Gasteiger partial charge in [-0.3, -0.25) is 0 Å². The number of hydrogen-bond acceptors (Lipinski definition) is 0. The first-order chi connectivity index (χ1) is 14.1. The Bertz CT molecular complexity index is 688. The van der Waals surface area contributed by atoms with Crippen molar-refractivity contribution in [2.45, 2.75) is 44.9 Å². The zero-order valence-electron chi connectivity index (χ0n) is 16.9. The van der Waals surface area contributed by atoms with Crippen LogP contribution in [0, 0.1) is 82.9 Å². The van der Waals surface area contributed by atoms with E-state index in [4.69, 9.17) is 0 Å². The van der Waals surface area contributed by atoms with Gasteiger partial charge >= 0.3 is 64.9 Å². The molecule has 4 heteroatoms. The summed E-state index contributed by atoms with van der Waals surface area (Å²) >= 11 is 7.39. The van der Waals surface area contributed by atoms with Crippen molar-refractivity contribution in [3.63, 3.8) is 0 Å². The second kappa shape index (κ2) is 7.63. The van der Waals surface area contributed by atoms with E-state index in [9.17, 15) is 0 Å². The molecule has 0 amide bonds. The first-order valence-corrected chi connectivity index (χ1v) is 25.7. The Morgan fingerprint density at radius 3 is 1.34 bits per heavy atom. The van der Waals surface area contributed by atoms with Crippen LogP contribution >= 0.6 is 59.9 Å². The Hall–Kier alpha value is 2.25. The summed E-state index contributed by atoms with van der Waals surface area (Å²) in [6.07, 6.45) is 21.8. The van der Waals surface area contributed by atoms with Crippen LogP contribution in [0.1, 0.15) is 44.9 Å². The van der Waals surface area contributed by atoms with Crippen molar-refractivity contribution in [1.82, 2.24) is 0 Å². The van der Waals surface area contributed by atoms with Gasteiger partial charge in [0.2, 0.25) is 0 Å². The van der Waals surface area contributed by atoms with E-state index in [2.05, 4.69) is 84.2 Å². The molecule has 0 saturated heterocycles. The molecule has 8 aliphatic carbocycles. The van der Waals surface area contributed by atoms with Crippen LogP contribution in [-0.4, -0.2) is 0 Å². The Morgan fingerprint density at radius 1 is 0.552 bits per heavy atom. The molecule has 8 bridgehead atoms. The van der Waals surface area contributed by atoms with E-state index in [0.717, 1.165) is 82.9 Å². The fourth-order valence-electron chi connectivity index (χ4n) is 11.2. The predicted octanol–water partition coefficient (Wildman–Crippen LogP) is 8.22. The van der Waals surface area contributed by atoms with Crippen molar-refractivity contribution in [3.05, 3.63) is 24.3 Å². The van der Waals surface area contributed by atoms with Gasteiger partial charge in [-0.25, -0.2) is 0 Å². The minimum atomic E-state index is -0.278. The Kier molecular flexibility index (Phi) is 5.42. The van der Waals surface area contributed by atoms with Gasteiger partial charge in [0.05, 0.1) is 0 Å². The van der Waals surface area contributed by atoms with E-state index >= 15 is 0 Å². The van der Waals surface area contributed by atoms with Gasteiger partial charge in [-0.1, -0.05) is 24.3 Å². The van der Waals surface area contributed by atoms with Crippen molar-refractivity contribution in [3.8, 4) is 0 Å². The summed E-state index contributed by atoms with van der Waals surface area (Å²) < 4.78 is 0. The summed E-state index contributed by atoms with van der Waals surface area (Å²) in [6, 6.07) is 0.